The molecule has 1 aromatic heterocycles. The maximum Gasteiger partial charge on any atom is 0.227 e. The quantitative estimate of drug-likeness (QED) is 0.870. The number of carbonyl (C=O) groups excluding carboxylic acids is 1. The van der Waals surface area contributed by atoms with Gasteiger partial charge in [-0.25, -0.2) is 0 Å². The summed E-state index contributed by atoms with van der Waals surface area (Å²) in [7, 11) is 2.08. The monoisotopic (exact) mass is 237 g/mol. The highest BCUT2D eigenvalue weighted by atomic mass is 16.5. The fourth-order valence-corrected chi connectivity index (χ4v) is 2.24. The molecule has 0 saturated carbocycles. The standard InChI is InChI=1S/C12H19N3O2/c1-9-7-11(14-17-9)13-12(16)8-10-5-3-4-6-15(10)2/h7,10H,3-6,8H2,1-2H3,(H,13,14,16). The topological polar surface area (TPSA) is 58.4 Å². The molecule has 2 heterocycles. The largest absolute Gasteiger partial charge is 0.360 e. The van der Waals surface area contributed by atoms with E-state index in [1.807, 2.05) is 0 Å². The molecule has 1 saturated heterocycles. The maximum absolute atomic E-state index is 11.8. The van der Waals surface area contributed by atoms with Gasteiger partial charge >= 0.3 is 0 Å². The van der Waals surface area contributed by atoms with Gasteiger partial charge in [0.05, 0.1) is 0 Å². The molecular formula is C12H19N3O2. The van der Waals surface area contributed by atoms with Crippen molar-refractivity contribution in [2.45, 2.75) is 38.6 Å². The smallest absolute Gasteiger partial charge is 0.227 e. The van der Waals surface area contributed by atoms with E-state index in [0.717, 1.165) is 13.0 Å². The molecule has 0 radical (unpaired) electrons. The molecule has 5 heteroatoms. The van der Waals surface area contributed by atoms with Crippen LogP contribution in [0.15, 0.2) is 10.6 Å². The number of aryl methyl sites for hydroxylation is 1. The third kappa shape index (κ3) is 3.30. The van der Waals surface area contributed by atoms with Gasteiger partial charge in [0.15, 0.2) is 5.82 Å². The second kappa shape index (κ2) is 5.31. The van der Waals surface area contributed by atoms with Crippen LogP contribution in [0, 0.1) is 6.92 Å². The van der Waals surface area contributed by atoms with E-state index >= 15 is 0 Å². The number of piperidine rings is 1. The molecule has 1 unspecified atom stereocenters. The summed E-state index contributed by atoms with van der Waals surface area (Å²) in [4.78, 5) is 14.1. The minimum Gasteiger partial charge on any atom is -0.360 e. The molecule has 1 aliphatic heterocycles. The van der Waals surface area contributed by atoms with Crippen LogP contribution in [-0.4, -0.2) is 35.6 Å². The molecule has 0 aromatic carbocycles. The first-order valence-corrected chi connectivity index (χ1v) is 6.08. The minimum absolute atomic E-state index is 0.0112. The molecule has 94 valence electrons. The average Bonchev–Trinajstić information content (AvgIpc) is 2.67. The van der Waals surface area contributed by atoms with Crippen LogP contribution in [-0.2, 0) is 4.79 Å². The molecule has 1 N–H and O–H groups in total. The van der Waals surface area contributed by atoms with E-state index < -0.39 is 0 Å². The van der Waals surface area contributed by atoms with Gasteiger partial charge < -0.3 is 14.7 Å². The SMILES string of the molecule is Cc1cc(NC(=O)CC2CCCCN2C)no1. The molecule has 1 aliphatic rings. The third-order valence-corrected chi connectivity index (χ3v) is 3.24. The van der Waals surface area contributed by atoms with E-state index in [1.165, 1.54) is 12.8 Å². The Kier molecular flexibility index (Phi) is 3.78. The van der Waals surface area contributed by atoms with Crippen LogP contribution in [0.2, 0.25) is 0 Å². The zero-order chi connectivity index (χ0) is 12.3. The molecule has 0 bridgehead atoms. The van der Waals surface area contributed by atoms with Gasteiger partial charge in [-0.1, -0.05) is 11.6 Å². The molecule has 5 nitrogen and oxygen atoms in total. The molecule has 1 fully saturated rings. The van der Waals surface area contributed by atoms with Crippen LogP contribution < -0.4 is 5.32 Å². The molecular weight excluding hydrogens is 218 g/mol. The first-order chi connectivity index (χ1) is 8.15. The van der Waals surface area contributed by atoms with Gasteiger partial charge in [-0.05, 0) is 33.4 Å². The highest BCUT2D eigenvalue weighted by Gasteiger charge is 2.21. The fraction of sp³-hybridized carbons (Fsp3) is 0.667. The van der Waals surface area contributed by atoms with Crippen LogP contribution in [0.3, 0.4) is 0 Å². The minimum atomic E-state index is 0.0112. The lowest BCUT2D eigenvalue weighted by Gasteiger charge is -2.31. The van der Waals surface area contributed by atoms with E-state index in [2.05, 4.69) is 22.4 Å². The van der Waals surface area contributed by atoms with E-state index in [1.54, 1.807) is 13.0 Å². The van der Waals surface area contributed by atoms with Gasteiger partial charge in [-0.15, -0.1) is 0 Å². The Labute approximate surface area is 101 Å². The van der Waals surface area contributed by atoms with Gasteiger partial charge in [0, 0.05) is 18.5 Å². The third-order valence-electron chi connectivity index (χ3n) is 3.24. The highest BCUT2D eigenvalue weighted by molar-refractivity contribution is 5.90. The predicted molar refractivity (Wildman–Crippen MR) is 64.8 cm³/mol. The van der Waals surface area contributed by atoms with Gasteiger partial charge in [0.2, 0.25) is 5.91 Å². The van der Waals surface area contributed by atoms with Crippen LogP contribution in [0.4, 0.5) is 5.82 Å². The van der Waals surface area contributed by atoms with E-state index in [9.17, 15) is 4.79 Å². The summed E-state index contributed by atoms with van der Waals surface area (Å²) < 4.78 is 4.90. The van der Waals surface area contributed by atoms with Crippen molar-refractivity contribution in [3.8, 4) is 0 Å². The fourth-order valence-electron chi connectivity index (χ4n) is 2.24. The van der Waals surface area contributed by atoms with E-state index in [0.29, 0.717) is 24.0 Å². The summed E-state index contributed by atoms with van der Waals surface area (Å²) in [5.74, 6) is 1.22. The average molecular weight is 237 g/mol. The van der Waals surface area contributed by atoms with Crippen molar-refractivity contribution >= 4 is 11.7 Å². The van der Waals surface area contributed by atoms with Gasteiger partial charge in [0.1, 0.15) is 5.76 Å². The summed E-state index contributed by atoms with van der Waals surface area (Å²) in [6.07, 6.45) is 4.08. The van der Waals surface area contributed by atoms with Crippen molar-refractivity contribution in [3.63, 3.8) is 0 Å². The van der Waals surface area contributed by atoms with Gasteiger partial charge in [-0.3, -0.25) is 4.79 Å². The molecule has 17 heavy (non-hydrogen) atoms. The van der Waals surface area contributed by atoms with E-state index in [-0.39, 0.29) is 5.91 Å². The number of nitrogens with zero attached hydrogens (tertiary/aromatic N) is 2. The van der Waals surface area contributed by atoms with Gasteiger partial charge in [0.25, 0.3) is 0 Å². The second-order valence-electron chi connectivity index (χ2n) is 4.71. The Hall–Kier alpha value is -1.36. The molecule has 1 aromatic rings. The molecule has 2 rings (SSSR count). The van der Waals surface area contributed by atoms with Crippen molar-refractivity contribution in [2.24, 2.45) is 0 Å². The van der Waals surface area contributed by atoms with Crippen molar-refractivity contribution in [1.82, 2.24) is 10.1 Å². The zero-order valence-electron chi connectivity index (χ0n) is 10.4. The Morgan fingerprint density at radius 3 is 3.12 bits per heavy atom. The Bertz CT molecular complexity index is 389. The first kappa shape index (κ1) is 12.1. The number of carbonyl (C=O) groups is 1. The summed E-state index contributed by atoms with van der Waals surface area (Å²) in [5, 5.41) is 6.51. The van der Waals surface area contributed by atoms with Crippen molar-refractivity contribution in [2.75, 3.05) is 18.9 Å². The maximum atomic E-state index is 11.8. The zero-order valence-corrected chi connectivity index (χ0v) is 10.4. The lowest BCUT2D eigenvalue weighted by molar-refractivity contribution is -0.117. The van der Waals surface area contributed by atoms with Gasteiger partial charge in [-0.2, -0.15) is 0 Å². The summed E-state index contributed by atoms with van der Waals surface area (Å²) in [5.41, 5.74) is 0. The predicted octanol–water partition coefficient (Wildman–Crippen LogP) is 1.80. The van der Waals surface area contributed by atoms with Crippen molar-refractivity contribution < 1.29 is 9.32 Å². The number of hydrogen-bond acceptors (Lipinski definition) is 4. The lowest BCUT2D eigenvalue weighted by Crippen LogP contribution is -2.38. The number of rotatable bonds is 3. The number of hydrogen-bond donors (Lipinski definition) is 1. The second-order valence-corrected chi connectivity index (χ2v) is 4.71. The Morgan fingerprint density at radius 2 is 2.47 bits per heavy atom. The summed E-state index contributed by atoms with van der Waals surface area (Å²) >= 11 is 0. The number of aromatic nitrogens is 1. The van der Waals surface area contributed by atoms with Crippen LogP contribution >= 0.6 is 0 Å². The Balaban J connectivity index is 1.84. The summed E-state index contributed by atoms with van der Waals surface area (Å²) in [6.45, 7) is 2.89. The van der Waals surface area contributed by atoms with E-state index in [4.69, 9.17) is 4.52 Å². The van der Waals surface area contributed by atoms with Crippen molar-refractivity contribution in [3.05, 3.63) is 11.8 Å². The molecule has 1 atom stereocenters. The highest BCUT2D eigenvalue weighted by Crippen LogP contribution is 2.18. The number of amides is 1. The number of likely N-dealkylation sites (tertiary alicyclic amines) is 1. The van der Waals surface area contributed by atoms with Crippen LogP contribution in [0.5, 0.6) is 0 Å². The van der Waals surface area contributed by atoms with Crippen LogP contribution in [0.1, 0.15) is 31.4 Å². The molecule has 0 aliphatic carbocycles. The Morgan fingerprint density at radius 1 is 1.65 bits per heavy atom. The first-order valence-electron chi connectivity index (χ1n) is 6.08. The molecule has 0 spiro atoms. The number of anilines is 1. The summed E-state index contributed by atoms with van der Waals surface area (Å²) in [6, 6.07) is 2.08. The van der Waals surface area contributed by atoms with Crippen molar-refractivity contribution in [1.29, 1.82) is 0 Å². The lowest BCUT2D eigenvalue weighted by atomic mass is 10.00. The molecule has 1 amide bonds. The van der Waals surface area contributed by atoms with Crippen LogP contribution in [0.25, 0.3) is 0 Å². The normalized spacial score (nSPS) is 21.4. The number of nitrogens with one attached hydrogen (secondary N) is 1.